The molecule has 7 nitrogen and oxygen atoms in total. The van der Waals surface area contributed by atoms with Crippen LogP contribution in [-0.4, -0.2) is 55.7 Å². The van der Waals surface area contributed by atoms with Crippen molar-refractivity contribution in [3.8, 4) is 10.4 Å². The molecule has 3 heterocycles. The van der Waals surface area contributed by atoms with Gasteiger partial charge in [-0.25, -0.2) is 13.1 Å². The number of nitrogens with one attached hydrogen (secondary N) is 2. The predicted molar refractivity (Wildman–Crippen MR) is 119 cm³/mol. The lowest BCUT2D eigenvalue weighted by Crippen LogP contribution is -2.38. The van der Waals surface area contributed by atoms with Gasteiger partial charge in [-0.05, 0) is 50.9 Å². The van der Waals surface area contributed by atoms with Gasteiger partial charge in [0.05, 0.1) is 6.61 Å². The lowest BCUT2D eigenvalue weighted by molar-refractivity contribution is 0.161. The van der Waals surface area contributed by atoms with Crippen LogP contribution in [0.2, 0.25) is 0 Å². The summed E-state index contributed by atoms with van der Waals surface area (Å²) in [6, 6.07) is 5.35. The maximum Gasteiger partial charge on any atom is 0.251 e. The third kappa shape index (κ3) is 5.48. The number of H-pyrrole nitrogens is 1. The lowest BCUT2D eigenvalue weighted by Gasteiger charge is -2.22. The van der Waals surface area contributed by atoms with Crippen LogP contribution in [0.4, 0.5) is 0 Å². The number of aryl methyl sites for hydroxylation is 2. The number of sulfonamides is 1. The fourth-order valence-electron chi connectivity index (χ4n) is 3.58. The quantitative estimate of drug-likeness (QED) is 0.558. The van der Waals surface area contributed by atoms with Crippen LogP contribution in [0.1, 0.15) is 31.0 Å². The fourth-order valence-corrected chi connectivity index (χ4v) is 6.03. The first kappa shape index (κ1) is 24.0. The molecule has 1 fully saturated rings. The minimum atomic E-state index is -3.59. The van der Waals surface area contributed by atoms with E-state index < -0.39 is 10.0 Å². The molecule has 3 rings (SSSR count). The highest BCUT2D eigenvalue weighted by Crippen LogP contribution is 2.32. The Kier molecular flexibility index (Phi) is 8.45. The van der Waals surface area contributed by atoms with Crippen LogP contribution in [0.5, 0.6) is 0 Å². The Morgan fingerprint density at radius 2 is 2.14 bits per heavy atom. The van der Waals surface area contributed by atoms with Gasteiger partial charge in [0.25, 0.3) is 5.56 Å². The molecule has 1 aliphatic rings. The Morgan fingerprint density at radius 3 is 2.83 bits per heavy atom. The number of likely N-dealkylation sites (tertiary alicyclic amines) is 1. The molecular weight excluding hydrogens is 434 g/mol. The third-order valence-electron chi connectivity index (χ3n) is 5.21. The van der Waals surface area contributed by atoms with Crippen molar-refractivity contribution in [2.75, 3.05) is 26.2 Å². The summed E-state index contributed by atoms with van der Waals surface area (Å²) in [6.45, 7) is 5.63. The van der Waals surface area contributed by atoms with Crippen molar-refractivity contribution in [3.63, 3.8) is 0 Å². The Hall–Kier alpha value is -1.23. The molecule has 0 saturated carbocycles. The number of nitrogens with zero attached hydrogens (tertiary/aromatic N) is 1. The minimum Gasteiger partial charge on any atom is -0.395 e. The number of aliphatic hydroxyl groups is 1. The summed E-state index contributed by atoms with van der Waals surface area (Å²) in [7, 11) is -3.59. The van der Waals surface area contributed by atoms with Crippen LogP contribution in [0.25, 0.3) is 10.4 Å². The van der Waals surface area contributed by atoms with Crippen molar-refractivity contribution in [1.82, 2.24) is 14.6 Å². The van der Waals surface area contributed by atoms with Crippen LogP contribution < -0.4 is 10.3 Å². The molecule has 0 spiro atoms. The number of aromatic amines is 1. The highest BCUT2D eigenvalue weighted by Gasteiger charge is 2.24. The van der Waals surface area contributed by atoms with Crippen molar-refractivity contribution < 1.29 is 13.5 Å². The van der Waals surface area contributed by atoms with Gasteiger partial charge in [-0.3, -0.25) is 9.69 Å². The Bertz CT molecular complexity index is 988. The summed E-state index contributed by atoms with van der Waals surface area (Å²) in [5, 5.41) is 9.36. The maximum absolute atomic E-state index is 12.6. The summed E-state index contributed by atoms with van der Waals surface area (Å²) in [6.07, 6.45) is 2.60. The largest absolute Gasteiger partial charge is 0.395 e. The average Bonchev–Trinajstić information content (AvgIpc) is 3.31. The van der Waals surface area contributed by atoms with Crippen molar-refractivity contribution in [2.24, 2.45) is 0 Å². The summed E-state index contributed by atoms with van der Waals surface area (Å²) in [4.78, 5) is 17.7. The predicted octanol–water partition coefficient (Wildman–Crippen LogP) is 2.13. The molecule has 29 heavy (non-hydrogen) atoms. The molecular formula is C19H28ClN3O4S2. The van der Waals surface area contributed by atoms with Crippen molar-refractivity contribution >= 4 is 33.8 Å². The summed E-state index contributed by atoms with van der Waals surface area (Å²) < 4.78 is 28.2. The van der Waals surface area contributed by atoms with Gasteiger partial charge in [0.1, 0.15) is 4.21 Å². The van der Waals surface area contributed by atoms with E-state index in [0.29, 0.717) is 25.1 Å². The summed E-state index contributed by atoms with van der Waals surface area (Å²) in [5.41, 5.74) is 2.16. The third-order valence-corrected chi connectivity index (χ3v) is 8.28. The molecule has 1 atom stereocenters. The first-order valence-corrected chi connectivity index (χ1v) is 11.8. The van der Waals surface area contributed by atoms with E-state index >= 15 is 0 Å². The van der Waals surface area contributed by atoms with E-state index in [-0.39, 0.29) is 34.8 Å². The molecule has 3 N–H and O–H groups in total. The number of hydrogen-bond acceptors (Lipinski definition) is 6. The fraction of sp³-hybridized carbons (Fsp3) is 0.526. The highest BCUT2D eigenvalue weighted by atomic mass is 35.5. The van der Waals surface area contributed by atoms with Gasteiger partial charge in [0.2, 0.25) is 10.0 Å². The molecule has 1 aliphatic heterocycles. The van der Waals surface area contributed by atoms with Crippen molar-refractivity contribution in [3.05, 3.63) is 39.8 Å². The first-order chi connectivity index (χ1) is 13.4. The van der Waals surface area contributed by atoms with E-state index in [2.05, 4.69) is 14.6 Å². The normalized spacial score (nSPS) is 17.4. The number of aromatic nitrogens is 1. The van der Waals surface area contributed by atoms with Crippen LogP contribution in [0.3, 0.4) is 0 Å². The Morgan fingerprint density at radius 1 is 1.38 bits per heavy atom. The molecule has 0 radical (unpaired) electrons. The second kappa shape index (κ2) is 10.2. The van der Waals surface area contributed by atoms with Crippen molar-refractivity contribution in [1.29, 1.82) is 0 Å². The zero-order valence-corrected chi connectivity index (χ0v) is 19.1. The minimum absolute atomic E-state index is 0. The second-order valence-corrected chi connectivity index (χ2v) is 10.1. The summed E-state index contributed by atoms with van der Waals surface area (Å²) >= 11 is 1.19. The summed E-state index contributed by atoms with van der Waals surface area (Å²) in [5.74, 6) is 0. The molecule has 0 aliphatic carbocycles. The van der Waals surface area contributed by atoms with Gasteiger partial charge in [0, 0.05) is 40.8 Å². The van der Waals surface area contributed by atoms with Crippen LogP contribution in [-0.2, 0) is 16.4 Å². The SMILES string of the molecule is CCc1cc(-c2ccc(S(=O)(=O)NCCN3CCC[C@@H]3CO)s2)c(C)[nH]c1=O.Cl. The van der Waals surface area contributed by atoms with Gasteiger partial charge in [-0.15, -0.1) is 23.7 Å². The molecule has 2 aromatic rings. The zero-order chi connectivity index (χ0) is 20.3. The van der Waals surface area contributed by atoms with E-state index in [4.69, 9.17) is 0 Å². The number of pyridine rings is 1. The Balaban J connectivity index is 0.00000300. The van der Waals surface area contributed by atoms with Crippen LogP contribution in [0.15, 0.2) is 27.2 Å². The molecule has 0 amide bonds. The number of aliphatic hydroxyl groups excluding tert-OH is 1. The average molecular weight is 462 g/mol. The van der Waals surface area contributed by atoms with Gasteiger partial charge in [-0.2, -0.15) is 0 Å². The van der Waals surface area contributed by atoms with Gasteiger partial charge in [0.15, 0.2) is 0 Å². The van der Waals surface area contributed by atoms with Crippen molar-refractivity contribution in [2.45, 2.75) is 43.4 Å². The van der Waals surface area contributed by atoms with E-state index in [0.717, 1.165) is 35.5 Å². The molecule has 2 aromatic heterocycles. The molecule has 162 valence electrons. The number of hydrogen-bond donors (Lipinski definition) is 3. The van der Waals surface area contributed by atoms with E-state index in [1.165, 1.54) is 11.3 Å². The highest BCUT2D eigenvalue weighted by molar-refractivity contribution is 7.91. The molecule has 10 heteroatoms. The number of halogens is 1. The number of thiophene rings is 1. The molecule has 0 unspecified atom stereocenters. The second-order valence-electron chi connectivity index (χ2n) is 7.05. The molecule has 0 aromatic carbocycles. The van der Waals surface area contributed by atoms with Gasteiger partial charge in [-0.1, -0.05) is 6.92 Å². The van der Waals surface area contributed by atoms with Crippen LogP contribution in [0, 0.1) is 6.92 Å². The topological polar surface area (TPSA) is 102 Å². The van der Waals surface area contributed by atoms with Gasteiger partial charge < -0.3 is 10.1 Å². The first-order valence-electron chi connectivity index (χ1n) is 9.53. The number of rotatable bonds is 8. The van der Waals surface area contributed by atoms with E-state index in [1.807, 2.05) is 19.9 Å². The molecule has 1 saturated heterocycles. The van der Waals surface area contributed by atoms with Gasteiger partial charge >= 0.3 is 0 Å². The monoisotopic (exact) mass is 461 g/mol. The Labute approximate surface area is 181 Å². The maximum atomic E-state index is 12.6. The van der Waals surface area contributed by atoms with E-state index in [1.54, 1.807) is 12.1 Å². The van der Waals surface area contributed by atoms with E-state index in [9.17, 15) is 18.3 Å². The lowest BCUT2D eigenvalue weighted by atomic mass is 10.1. The zero-order valence-electron chi connectivity index (χ0n) is 16.6. The van der Waals surface area contributed by atoms with Crippen LogP contribution >= 0.6 is 23.7 Å². The smallest absolute Gasteiger partial charge is 0.251 e. The standard InChI is InChI=1S/C19H27N3O4S2.ClH/c1-3-14-11-16(13(2)21-19(14)24)17-6-7-18(27-17)28(25,26)20-8-10-22-9-4-5-15(22)12-23;/h6-7,11,15,20,23H,3-5,8-10,12H2,1-2H3,(H,21,24);1H/t15-;/m1./s1. The molecule has 0 bridgehead atoms.